The maximum Gasteiger partial charge on any atom is 0.313 e. The van der Waals surface area contributed by atoms with E-state index < -0.39 is 11.5 Å². The van der Waals surface area contributed by atoms with Gasteiger partial charge in [-0.15, -0.1) is 11.8 Å². The number of nitrogens with one attached hydrogen (secondary N) is 3. The van der Waals surface area contributed by atoms with Crippen LogP contribution in [0.5, 0.6) is 0 Å². The van der Waals surface area contributed by atoms with Crippen LogP contribution >= 0.6 is 23.4 Å². The number of pyridine rings is 1. The minimum absolute atomic E-state index is 0.235. The van der Waals surface area contributed by atoms with Gasteiger partial charge >= 0.3 is 5.97 Å². The summed E-state index contributed by atoms with van der Waals surface area (Å²) in [7, 11) is 1.37. The summed E-state index contributed by atoms with van der Waals surface area (Å²) in [5.74, 6) is 0.834. The van der Waals surface area contributed by atoms with Gasteiger partial charge in [0.05, 0.1) is 35.2 Å². The maximum absolute atomic E-state index is 12.8. The number of anilines is 1. The Labute approximate surface area is 247 Å². The molecule has 0 radical (unpaired) electrons. The lowest BCUT2D eigenvalue weighted by Crippen LogP contribution is -2.41. The maximum atomic E-state index is 12.8. The number of thioether (sulfide) groups is 1. The van der Waals surface area contributed by atoms with E-state index >= 15 is 0 Å². The van der Waals surface area contributed by atoms with Crippen molar-refractivity contribution in [2.75, 3.05) is 25.5 Å². The van der Waals surface area contributed by atoms with E-state index in [1.165, 1.54) is 18.9 Å². The second-order valence-electron chi connectivity index (χ2n) is 9.94. The van der Waals surface area contributed by atoms with Gasteiger partial charge < -0.3 is 15.4 Å². The summed E-state index contributed by atoms with van der Waals surface area (Å²) in [5, 5.41) is 25.7. The topological polar surface area (TPSA) is 133 Å². The highest BCUT2D eigenvalue weighted by molar-refractivity contribution is 7.98. The molecule has 0 aliphatic rings. The first kappa shape index (κ1) is 30.1. The molecule has 41 heavy (non-hydrogen) atoms. The normalized spacial score (nSPS) is 12.1. The van der Waals surface area contributed by atoms with E-state index in [0.29, 0.717) is 57.8 Å². The average molecular weight is 591 g/mol. The number of carbonyl (C=O) groups is 1. The summed E-state index contributed by atoms with van der Waals surface area (Å²) in [5.41, 5.74) is 0.975. The Balaban J connectivity index is 1.48. The molecule has 1 atom stereocenters. The molecule has 0 aliphatic carbocycles. The van der Waals surface area contributed by atoms with E-state index in [-0.39, 0.29) is 11.5 Å². The molecule has 4 rings (SSSR count). The highest BCUT2D eigenvalue weighted by Crippen LogP contribution is 2.36. The molecule has 3 N–H and O–H groups in total. The monoisotopic (exact) mass is 590 g/mol. The van der Waals surface area contributed by atoms with Crippen LogP contribution in [0.25, 0.3) is 10.8 Å². The number of esters is 1. The van der Waals surface area contributed by atoms with Gasteiger partial charge in [0.15, 0.2) is 5.82 Å². The summed E-state index contributed by atoms with van der Waals surface area (Å²) >= 11 is 7.46. The summed E-state index contributed by atoms with van der Waals surface area (Å²) in [6.07, 6.45) is 0.692. The molecule has 2 aromatic carbocycles. The van der Waals surface area contributed by atoms with Crippen LogP contribution in [-0.4, -0.2) is 41.3 Å². The minimum atomic E-state index is -0.946. The van der Waals surface area contributed by atoms with Gasteiger partial charge in [0.2, 0.25) is 0 Å². The molecule has 0 fully saturated rings. The smallest absolute Gasteiger partial charge is 0.313 e. The summed E-state index contributed by atoms with van der Waals surface area (Å²) in [6, 6.07) is 20.1. The van der Waals surface area contributed by atoms with E-state index in [2.05, 4.69) is 26.9 Å². The lowest BCUT2D eigenvalue weighted by atomic mass is 9.82. The number of H-pyrrole nitrogens is 1. The van der Waals surface area contributed by atoms with Gasteiger partial charge in [-0.25, -0.2) is 10.1 Å². The third-order valence-electron chi connectivity index (χ3n) is 6.71. The zero-order chi connectivity index (χ0) is 29.4. The zero-order valence-corrected chi connectivity index (χ0v) is 24.6. The number of benzene rings is 2. The van der Waals surface area contributed by atoms with E-state index in [9.17, 15) is 14.9 Å². The van der Waals surface area contributed by atoms with Crippen molar-refractivity contribution in [2.24, 2.45) is 5.41 Å². The zero-order valence-electron chi connectivity index (χ0n) is 23.0. The van der Waals surface area contributed by atoms with Crippen LogP contribution in [0.1, 0.15) is 43.1 Å². The number of rotatable bonds is 12. The van der Waals surface area contributed by atoms with Crippen molar-refractivity contribution in [2.45, 2.75) is 37.1 Å². The molecule has 2 aromatic heterocycles. The van der Waals surface area contributed by atoms with E-state index in [4.69, 9.17) is 21.3 Å². The van der Waals surface area contributed by atoms with Crippen LogP contribution < -0.4 is 16.2 Å². The largest absolute Gasteiger partial charge is 0.469 e. The third kappa shape index (κ3) is 7.24. The highest BCUT2D eigenvalue weighted by atomic mass is 35.5. The first-order valence-electron chi connectivity index (χ1n) is 13.1. The number of hydrogen-bond acceptors (Lipinski definition) is 9. The standard InChI is InChI=1S/C30H31ClN6O3S/c1-30(2,29(39)40-3)25(33-15-6-16-34-26-22-7-4-5-8-23(22)27(38)37-36-26)24-14-11-20(17-32)28(35-24)41-18-19-9-12-21(31)13-10-19/h4-5,7-14,25,33H,6,15-16,18H2,1-3H3,(H,34,36)(H,37,38). The van der Waals surface area contributed by atoms with Crippen molar-refractivity contribution in [3.8, 4) is 6.07 Å². The third-order valence-corrected chi connectivity index (χ3v) is 8.02. The second-order valence-corrected chi connectivity index (χ2v) is 11.3. The minimum Gasteiger partial charge on any atom is -0.469 e. The Morgan fingerprint density at radius 3 is 2.56 bits per heavy atom. The first-order chi connectivity index (χ1) is 19.7. The van der Waals surface area contributed by atoms with Gasteiger partial charge in [-0.1, -0.05) is 41.9 Å². The number of fused-ring (bicyclic) bond motifs is 1. The Morgan fingerprint density at radius 1 is 1.12 bits per heavy atom. The Morgan fingerprint density at radius 2 is 1.85 bits per heavy atom. The number of nitriles is 1. The lowest BCUT2D eigenvalue weighted by molar-refractivity contribution is -0.152. The number of halogens is 1. The van der Waals surface area contributed by atoms with E-state index in [0.717, 1.165) is 10.9 Å². The number of methoxy groups -OCH3 is 1. The van der Waals surface area contributed by atoms with Crippen molar-refractivity contribution in [1.82, 2.24) is 20.5 Å². The first-order valence-corrected chi connectivity index (χ1v) is 14.4. The molecule has 212 valence electrons. The van der Waals surface area contributed by atoms with Crippen molar-refractivity contribution in [3.63, 3.8) is 0 Å². The number of aromatic nitrogens is 3. The molecule has 0 aliphatic heterocycles. The van der Waals surface area contributed by atoms with Crippen molar-refractivity contribution in [1.29, 1.82) is 5.26 Å². The molecule has 1 unspecified atom stereocenters. The van der Waals surface area contributed by atoms with Gasteiger partial charge in [0.1, 0.15) is 11.1 Å². The van der Waals surface area contributed by atoms with Gasteiger partial charge in [0, 0.05) is 22.7 Å². The van der Waals surface area contributed by atoms with Gasteiger partial charge in [0.25, 0.3) is 5.56 Å². The van der Waals surface area contributed by atoms with Gasteiger partial charge in [-0.3, -0.25) is 9.59 Å². The SMILES string of the molecule is COC(=O)C(C)(C)C(NCCCNc1n[nH]c(=O)c2ccccc12)c1ccc(C#N)c(SCc2ccc(Cl)cc2)n1. The van der Waals surface area contributed by atoms with E-state index in [1.54, 1.807) is 18.2 Å². The Bertz CT molecular complexity index is 1620. The van der Waals surface area contributed by atoms with Crippen molar-refractivity contribution < 1.29 is 9.53 Å². The van der Waals surface area contributed by atoms with Crippen LogP contribution in [0.4, 0.5) is 5.82 Å². The fraction of sp³-hybridized carbons (Fsp3) is 0.300. The molecule has 0 bridgehead atoms. The highest BCUT2D eigenvalue weighted by Gasteiger charge is 2.39. The fourth-order valence-corrected chi connectivity index (χ4v) is 5.51. The molecular weight excluding hydrogens is 560 g/mol. The number of nitrogens with zero attached hydrogens (tertiary/aromatic N) is 3. The van der Waals surface area contributed by atoms with Crippen LogP contribution in [0.2, 0.25) is 5.02 Å². The van der Waals surface area contributed by atoms with Gasteiger partial charge in [-0.2, -0.15) is 10.4 Å². The number of hydrogen-bond donors (Lipinski definition) is 3. The quantitative estimate of drug-likeness (QED) is 0.112. The Kier molecular flexibility index (Phi) is 10.00. The average Bonchev–Trinajstić information content (AvgIpc) is 2.99. The van der Waals surface area contributed by atoms with E-state index in [1.807, 2.05) is 56.3 Å². The molecule has 0 saturated carbocycles. The van der Waals surface area contributed by atoms with Crippen molar-refractivity contribution >= 4 is 45.9 Å². The lowest BCUT2D eigenvalue weighted by Gasteiger charge is -2.32. The van der Waals surface area contributed by atoms with Crippen LogP contribution in [0.15, 0.2) is 70.5 Å². The Hall–Kier alpha value is -3.91. The predicted octanol–water partition coefficient (Wildman–Crippen LogP) is 5.47. The van der Waals surface area contributed by atoms with Crippen molar-refractivity contribution in [3.05, 3.63) is 92.9 Å². The van der Waals surface area contributed by atoms with Gasteiger partial charge in [-0.05, 0) is 62.7 Å². The van der Waals surface area contributed by atoms with Crippen LogP contribution in [0, 0.1) is 16.7 Å². The van der Waals surface area contributed by atoms with Crippen LogP contribution in [-0.2, 0) is 15.3 Å². The summed E-state index contributed by atoms with van der Waals surface area (Å²) in [6.45, 7) is 4.75. The molecule has 0 amide bonds. The molecular formula is C30H31ClN6O3S. The summed E-state index contributed by atoms with van der Waals surface area (Å²) < 4.78 is 5.12. The number of ether oxygens (including phenoxy) is 1. The molecule has 0 spiro atoms. The fourth-order valence-electron chi connectivity index (χ4n) is 4.44. The molecule has 11 heteroatoms. The predicted molar refractivity (Wildman–Crippen MR) is 162 cm³/mol. The molecule has 9 nitrogen and oxygen atoms in total. The second kappa shape index (κ2) is 13.6. The molecule has 0 saturated heterocycles. The molecule has 4 aromatic rings. The molecule has 2 heterocycles. The summed E-state index contributed by atoms with van der Waals surface area (Å²) in [4.78, 5) is 29.7. The number of aromatic amines is 1. The number of carbonyl (C=O) groups excluding carboxylic acids is 1. The van der Waals surface area contributed by atoms with Crippen LogP contribution in [0.3, 0.4) is 0 Å².